The van der Waals surface area contributed by atoms with Crippen LogP contribution in [0.3, 0.4) is 0 Å². The van der Waals surface area contributed by atoms with Crippen molar-refractivity contribution in [2.24, 2.45) is 5.92 Å². The van der Waals surface area contributed by atoms with Gasteiger partial charge < -0.3 is 4.90 Å². The number of nitro benzene ring substituents is 1. The Morgan fingerprint density at radius 1 is 1.21 bits per heavy atom. The van der Waals surface area contributed by atoms with Gasteiger partial charge in [-0.1, -0.05) is 6.92 Å². The summed E-state index contributed by atoms with van der Waals surface area (Å²) in [5.74, 6) is 0.627. The first kappa shape index (κ1) is 17.2. The molecule has 0 amide bonds. The lowest BCUT2D eigenvalue weighted by molar-refractivity contribution is -0.384. The Bertz CT molecular complexity index is 723. The second kappa shape index (κ2) is 6.68. The number of hydrogen-bond donors (Lipinski definition) is 1. The van der Waals surface area contributed by atoms with Gasteiger partial charge in [-0.3, -0.25) is 10.1 Å². The lowest BCUT2D eigenvalue weighted by Gasteiger charge is -2.32. The van der Waals surface area contributed by atoms with Gasteiger partial charge >= 0.3 is 0 Å². The van der Waals surface area contributed by atoms with Gasteiger partial charge in [0.25, 0.3) is 5.69 Å². The number of rotatable bonds is 5. The summed E-state index contributed by atoms with van der Waals surface area (Å²) in [6.07, 6.45) is 4.63. The summed E-state index contributed by atoms with van der Waals surface area (Å²) in [4.78, 5) is 12.7. The maximum absolute atomic E-state index is 12.6. The molecule has 0 atom stereocenters. The average molecular weight is 353 g/mol. The summed E-state index contributed by atoms with van der Waals surface area (Å²) in [6, 6.07) is 4.12. The standard InChI is InChI=1S/C16H23N3O4S/c1-12-3-5-13(6-4-12)17-24(22,23)14-7-8-15(18-9-2-10-18)16(11-14)19(20)21/h7-8,11-13,17H,2-6,9-10H2,1H3. The Hall–Kier alpha value is -1.67. The molecule has 1 aliphatic heterocycles. The van der Waals surface area contributed by atoms with Crippen LogP contribution in [0.15, 0.2) is 23.1 Å². The molecule has 1 aliphatic carbocycles. The largest absolute Gasteiger partial charge is 0.366 e. The van der Waals surface area contributed by atoms with Crippen LogP contribution < -0.4 is 9.62 Å². The minimum atomic E-state index is -3.74. The van der Waals surface area contributed by atoms with Crippen LogP contribution in [0, 0.1) is 16.0 Å². The molecule has 132 valence electrons. The zero-order valence-electron chi connectivity index (χ0n) is 13.8. The van der Waals surface area contributed by atoms with Crippen LogP contribution in [-0.2, 0) is 10.0 Å². The number of hydrogen-bond acceptors (Lipinski definition) is 5. The minimum Gasteiger partial charge on any atom is -0.366 e. The average Bonchev–Trinajstić information content (AvgIpc) is 2.47. The van der Waals surface area contributed by atoms with Gasteiger partial charge in [0.15, 0.2) is 0 Å². The lowest BCUT2D eigenvalue weighted by atomic mass is 9.88. The fraction of sp³-hybridized carbons (Fsp3) is 0.625. The van der Waals surface area contributed by atoms with Crippen LogP contribution in [0.4, 0.5) is 11.4 Å². The van der Waals surface area contributed by atoms with Gasteiger partial charge in [-0.15, -0.1) is 0 Å². The van der Waals surface area contributed by atoms with Crippen molar-refractivity contribution >= 4 is 21.4 Å². The quantitative estimate of drug-likeness (QED) is 0.649. The molecule has 0 bridgehead atoms. The van der Waals surface area contributed by atoms with Crippen molar-refractivity contribution in [3.63, 3.8) is 0 Å². The Morgan fingerprint density at radius 2 is 1.88 bits per heavy atom. The third-order valence-electron chi connectivity index (χ3n) is 4.99. The molecular formula is C16H23N3O4S. The predicted molar refractivity (Wildman–Crippen MR) is 91.7 cm³/mol. The fourth-order valence-electron chi connectivity index (χ4n) is 3.31. The first-order valence-electron chi connectivity index (χ1n) is 8.42. The van der Waals surface area contributed by atoms with Crippen molar-refractivity contribution in [2.75, 3.05) is 18.0 Å². The summed E-state index contributed by atoms with van der Waals surface area (Å²) in [7, 11) is -3.74. The number of sulfonamides is 1. The minimum absolute atomic E-state index is 0.0305. The smallest absolute Gasteiger partial charge is 0.293 e. The maximum Gasteiger partial charge on any atom is 0.293 e. The zero-order chi connectivity index (χ0) is 17.3. The summed E-state index contributed by atoms with van der Waals surface area (Å²) >= 11 is 0. The van der Waals surface area contributed by atoms with Crippen LogP contribution in [0.25, 0.3) is 0 Å². The molecule has 0 radical (unpaired) electrons. The summed E-state index contributed by atoms with van der Waals surface area (Å²) < 4.78 is 27.9. The van der Waals surface area contributed by atoms with Crippen molar-refractivity contribution in [3.8, 4) is 0 Å². The van der Waals surface area contributed by atoms with E-state index in [4.69, 9.17) is 0 Å². The number of anilines is 1. The first-order chi connectivity index (χ1) is 11.4. The van der Waals surface area contributed by atoms with E-state index in [-0.39, 0.29) is 16.6 Å². The number of nitrogens with zero attached hydrogens (tertiary/aromatic N) is 2. The van der Waals surface area contributed by atoms with E-state index < -0.39 is 14.9 Å². The van der Waals surface area contributed by atoms with E-state index in [9.17, 15) is 18.5 Å². The molecule has 1 saturated heterocycles. The van der Waals surface area contributed by atoms with Gasteiger partial charge in [-0.25, -0.2) is 13.1 Å². The molecule has 0 aromatic heterocycles. The Labute approximate surface area is 142 Å². The van der Waals surface area contributed by atoms with Crippen LogP contribution in [-0.4, -0.2) is 32.5 Å². The Balaban J connectivity index is 1.82. The molecule has 1 aromatic carbocycles. The van der Waals surface area contributed by atoms with Crippen molar-refractivity contribution < 1.29 is 13.3 Å². The second-order valence-electron chi connectivity index (χ2n) is 6.83. The Kier molecular flexibility index (Phi) is 4.78. The highest BCUT2D eigenvalue weighted by Gasteiger charge is 2.29. The Morgan fingerprint density at radius 3 is 2.42 bits per heavy atom. The molecule has 8 heteroatoms. The van der Waals surface area contributed by atoms with Crippen LogP contribution in [0.1, 0.15) is 39.0 Å². The maximum atomic E-state index is 12.6. The van der Waals surface area contributed by atoms with Gasteiger partial charge in [-0.05, 0) is 50.2 Å². The molecule has 2 aliphatic rings. The molecular weight excluding hydrogens is 330 g/mol. The lowest BCUT2D eigenvalue weighted by Crippen LogP contribution is -2.38. The van der Waals surface area contributed by atoms with E-state index in [0.29, 0.717) is 11.6 Å². The summed E-state index contributed by atoms with van der Waals surface area (Å²) in [5.41, 5.74) is 0.353. The molecule has 7 nitrogen and oxygen atoms in total. The summed E-state index contributed by atoms with van der Waals surface area (Å²) in [6.45, 7) is 3.71. The highest BCUT2D eigenvalue weighted by Crippen LogP contribution is 2.33. The highest BCUT2D eigenvalue weighted by atomic mass is 32.2. The first-order valence-corrected chi connectivity index (χ1v) is 9.91. The highest BCUT2D eigenvalue weighted by molar-refractivity contribution is 7.89. The molecule has 2 fully saturated rings. The van der Waals surface area contributed by atoms with Gasteiger partial charge in [0.2, 0.25) is 10.0 Å². The summed E-state index contributed by atoms with van der Waals surface area (Å²) in [5, 5.41) is 11.3. The van der Waals surface area contributed by atoms with E-state index in [1.165, 1.54) is 12.1 Å². The predicted octanol–water partition coefficient (Wildman–Crippen LogP) is 2.66. The number of nitrogens with one attached hydrogen (secondary N) is 1. The number of benzene rings is 1. The third kappa shape index (κ3) is 3.54. The number of nitro groups is 1. The van der Waals surface area contributed by atoms with Crippen LogP contribution in [0.2, 0.25) is 0 Å². The molecule has 1 heterocycles. The molecule has 1 N–H and O–H groups in total. The van der Waals surface area contributed by atoms with Crippen LogP contribution in [0.5, 0.6) is 0 Å². The van der Waals surface area contributed by atoms with Crippen LogP contribution >= 0.6 is 0 Å². The molecule has 0 spiro atoms. The van der Waals surface area contributed by atoms with E-state index in [2.05, 4.69) is 11.6 Å². The van der Waals surface area contributed by atoms with Gasteiger partial charge in [0, 0.05) is 25.2 Å². The van der Waals surface area contributed by atoms with E-state index in [0.717, 1.165) is 45.2 Å². The normalized spacial score (nSPS) is 24.5. The van der Waals surface area contributed by atoms with Crippen molar-refractivity contribution in [2.45, 2.75) is 50.0 Å². The monoisotopic (exact) mass is 353 g/mol. The molecule has 1 saturated carbocycles. The van der Waals surface area contributed by atoms with Gasteiger partial charge in [0.05, 0.1) is 9.82 Å². The van der Waals surface area contributed by atoms with Gasteiger partial charge in [0.1, 0.15) is 5.69 Å². The van der Waals surface area contributed by atoms with Crippen molar-refractivity contribution in [1.82, 2.24) is 4.72 Å². The SMILES string of the molecule is CC1CCC(NS(=O)(=O)c2ccc(N3CCC3)c([N+](=O)[O-])c2)CC1. The molecule has 0 unspecified atom stereocenters. The van der Waals surface area contributed by atoms with E-state index >= 15 is 0 Å². The van der Waals surface area contributed by atoms with Gasteiger partial charge in [-0.2, -0.15) is 0 Å². The fourth-order valence-corrected chi connectivity index (χ4v) is 4.63. The molecule has 3 rings (SSSR count). The third-order valence-corrected chi connectivity index (χ3v) is 6.51. The molecule has 1 aromatic rings. The molecule has 24 heavy (non-hydrogen) atoms. The van der Waals surface area contributed by atoms with Crippen molar-refractivity contribution in [1.29, 1.82) is 0 Å². The van der Waals surface area contributed by atoms with E-state index in [1.54, 1.807) is 6.07 Å². The topological polar surface area (TPSA) is 92.6 Å². The van der Waals surface area contributed by atoms with Crippen molar-refractivity contribution in [3.05, 3.63) is 28.3 Å². The van der Waals surface area contributed by atoms with E-state index in [1.807, 2.05) is 4.90 Å². The zero-order valence-corrected chi connectivity index (χ0v) is 14.6. The second-order valence-corrected chi connectivity index (χ2v) is 8.54.